The van der Waals surface area contributed by atoms with Crippen LogP contribution < -0.4 is 5.43 Å². The molecule has 3 aromatic rings. The number of para-hydroxylation sites is 2. The molecule has 0 N–H and O–H groups in total. The molecular formula is C29H39NO. The molecule has 2 nitrogen and oxygen atoms in total. The Morgan fingerprint density at radius 1 is 0.903 bits per heavy atom. The molecule has 0 aliphatic heterocycles. The maximum absolute atomic E-state index is 12.3. The summed E-state index contributed by atoms with van der Waals surface area (Å²) in [6.07, 6.45) is 7.95. The van der Waals surface area contributed by atoms with Crippen LogP contribution >= 0.6 is 0 Å². The van der Waals surface area contributed by atoms with Crippen molar-refractivity contribution in [1.29, 1.82) is 0 Å². The summed E-state index contributed by atoms with van der Waals surface area (Å²) in [6.45, 7) is 16.4. The normalized spacial score (nSPS) is 13.3. The highest BCUT2D eigenvalue weighted by molar-refractivity contribution is 5.93. The Labute approximate surface area is 188 Å². The van der Waals surface area contributed by atoms with Gasteiger partial charge in [0.2, 0.25) is 0 Å². The van der Waals surface area contributed by atoms with Gasteiger partial charge in [-0.25, -0.2) is 0 Å². The summed E-state index contributed by atoms with van der Waals surface area (Å²) in [5, 5.41) is 1.60. The Kier molecular flexibility index (Phi) is 9.30. The summed E-state index contributed by atoms with van der Waals surface area (Å²) in [5.41, 5.74) is 3.65. The summed E-state index contributed by atoms with van der Waals surface area (Å²) >= 11 is 0. The van der Waals surface area contributed by atoms with Gasteiger partial charge >= 0.3 is 0 Å². The Morgan fingerprint density at radius 3 is 1.81 bits per heavy atom. The monoisotopic (exact) mass is 417 g/mol. The number of aryl methyl sites for hydroxylation is 1. The van der Waals surface area contributed by atoms with Gasteiger partial charge in [-0.05, 0) is 74.8 Å². The minimum absolute atomic E-state index is 0.126. The first-order valence-electron chi connectivity index (χ1n) is 11.6. The molecule has 2 aromatic carbocycles. The van der Waals surface area contributed by atoms with E-state index in [9.17, 15) is 4.79 Å². The van der Waals surface area contributed by atoms with Crippen molar-refractivity contribution in [3.05, 3.63) is 82.6 Å². The van der Waals surface area contributed by atoms with Crippen molar-refractivity contribution in [2.24, 2.45) is 17.8 Å². The van der Waals surface area contributed by atoms with Crippen molar-refractivity contribution in [3.8, 4) is 0 Å². The summed E-state index contributed by atoms with van der Waals surface area (Å²) < 4.78 is 2.19. The standard InChI is InChI=1S/C15H13NO.C14H26/c1-2-16-13-9-5-3-7-11(13)15(17)12-8-4-6-10-14(12)16;1-7-9-13(8-2)14(12(5)6)10-11(3)4/h3-10H,2H2,1H3;7-9,11-12,14H,10H2,1-6H3/b;9-7-,13-8+. The number of hydrogen-bond donors (Lipinski definition) is 0. The van der Waals surface area contributed by atoms with Gasteiger partial charge in [0.05, 0.1) is 11.0 Å². The molecule has 0 saturated carbocycles. The molecule has 0 aliphatic carbocycles. The smallest absolute Gasteiger partial charge is 0.197 e. The SMILES string of the molecule is C/C=C\C(=C/C)C(CC(C)C)C(C)C.CCn1c2ccccc2c(=O)c2ccccc21. The fraction of sp³-hybridized carbons (Fsp3) is 0.414. The van der Waals surface area contributed by atoms with E-state index in [2.05, 4.69) is 71.3 Å². The van der Waals surface area contributed by atoms with Gasteiger partial charge in [0, 0.05) is 17.3 Å². The molecule has 0 aliphatic rings. The Morgan fingerprint density at radius 2 is 1.42 bits per heavy atom. The van der Waals surface area contributed by atoms with Crippen LogP contribution in [0.25, 0.3) is 21.8 Å². The van der Waals surface area contributed by atoms with E-state index in [1.807, 2.05) is 48.5 Å². The third-order valence-corrected chi connectivity index (χ3v) is 5.85. The molecule has 0 fully saturated rings. The number of nitrogens with zero attached hydrogens (tertiary/aromatic N) is 1. The zero-order chi connectivity index (χ0) is 23.0. The lowest BCUT2D eigenvalue weighted by molar-refractivity contribution is 0.368. The minimum atomic E-state index is 0.126. The molecule has 1 aromatic heterocycles. The van der Waals surface area contributed by atoms with Crippen molar-refractivity contribution in [1.82, 2.24) is 4.57 Å². The maximum Gasteiger partial charge on any atom is 0.197 e. The van der Waals surface area contributed by atoms with Crippen molar-refractivity contribution >= 4 is 21.8 Å². The fourth-order valence-corrected chi connectivity index (χ4v) is 4.34. The second-order valence-corrected chi connectivity index (χ2v) is 8.88. The van der Waals surface area contributed by atoms with Gasteiger partial charge in [-0.1, -0.05) is 70.2 Å². The predicted molar refractivity (Wildman–Crippen MR) is 138 cm³/mol. The molecular weight excluding hydrogens is 378 g/mol. The van der Waals surface area contributed by atoms with Gasteiger partial charge < -0.3 is 4.57 Å². The van der Waals surface area contributed by atoms with Gasteiger partial charge in [0.1, 0.15) is 0 Å². The van der Waals surface area contributed by atoms with Gasteiger partial charge in [-0.2, -0.15) is 0 Å². The molecule has 1 unspecified atom stereocenters. The van der Waals surface area contributed by atoms with E-state index in [4.69, 9.17) is 0 Å². The molecule has 0 amide bonds. The highest BCUT2D eigenvalue weighted by atomic mass is 16.1. The lowest BCUT2D eigenvalue weighted by atomic mass is 9.81. The van der Waals surface area contributed by atoms with Crippen LogP contribution in [0, 0.1) is 17.8 Å². The first-order valence-corrected chi connectivity index (χ1v) is 11.6. The summed E-state index contributed by atoms with van der Waals surface area (Å²) in [5.74, 6) is 2.23. The van der Waals surface area contributed by atoms with E-state index in [0.717, 1.165) is 46.1 Å². The first kappa shape index (κ1) is 24.7. The summed E-state index contributed by atoms with van der Waals surface area (Å²) in [7, 11) is 0. The minimum Gasteiger partial charge on any atom is -0.341 e. The van der Waals surface area contributed by atoms with E-state index >= 15 is 0 Å². The van der Waals surface area contributed by atoms with Crippen molar-refractivity contribution in [2.45, 2.75) is 61.4 Å². The molecule has 166 valence electrons. The van der Waals surface area contributed by atoms with Gasteiger partial charge in [0.15, 0.2) is 5.43 Å². The van der Waals surface area contributed by atoms with Crippen LogP contribution in [0.1, 0.15) is 54.9 Å². The molecule has 0 saturated heterocycles. The van der Waals surface area contributed by atoms with Crippen molar-refractivity contribution < 1.29 is 0 Å². The molecule has 2 heteroatoms. The van der Waals surface area contributed by atoms with Crippen LogP contribution in [0.15, 0.2) is 77.1 Å². The first-order chi connectivity index (χ1) is 14.8. The van der Waals surface area contributed by atoms with Crippen LogP contribution in [0.4, 0.5) is 0 Å². The number of benzene rings is 2. The number of fused-ring (bicyclic) bond motifs is 2. The van der Waals surface area contributed by atoms with Gasteiger partial charge in [-0.3, -0.25) is 4.79 Å². The number of rotatable bonds is 6. The molecule has 0 spiro atoms. The van der Waals surface area contributed by atoms with Gasteiger partial charge in [0.25, 0.3) is 0 Å². The zero-order valence-electron chi connectivity index (χ0n) is 20.4. The second kappa shape index (κ2) is 11.7. The van der Waals surface area contributed by atoms with Crippen LogP contribution in [0.3, 0.4) is 0 Å². The fourth-order valence-electron chi connectivity index (χ4n) is 4.34. The van der Waals surface area contributed by atoms with E-state index < -0.39 is 0 Å². The van der Waals surface area contributed by atoms with E-state index in [1.54, 1.807) is 0 Å². The predicted octanol–water partition coefficient (Wildman–Crippen LogP) is 8.00. The van der Waals surface area contributed by atoms with Crippen molar-refractivity contribution in [2.75, 3.05) is 0 Å². The van der Waals surface area contributed by atoms with E-state index in [0.29, 0.717) is 0 Å². The molecule has 3 rings (SSSR count). The Bertz CT molecular complexity index is 1040. The third-order valence-electron chi connectivity index (χ3n) is 5.85. The average molecular weight is 418 g/mol. The highest BCUT2D eigenvalue weighted by Crippen LogP contribution is 2.28. The van der Waals surface area contributed by atoms with Crippen LogP contribution in [0.5, 0.6) is 0 Å². The Balaban J connectivity index is 0.000000226. The van der Waals surface area contributed by atoms with Crippen LogP contribution in [0.2, 0.25) is 0 Å². The van der Waals surface area contributed by atoms with Crippen LogP contribution in [-0.2, 0) is 6.54 Å². The summed E-state index contributed by atoms with van der Waals surface area (Å²) in [4.78, 5) is 12.3. The quantitative estimate of drug-likeness (QED) is 0.294. The topological polar surface area (TPSA) is 22.0 Å². The lowest BCUT2D eigenvalue weighted by Crippen LogP contribution is -2.13. The number of allylic oxidation sites excluding steroid dienone is 4. The van der Waals surface area contributed by atoms with Gasteiger partial charge in [-0.15, -0.1) is 0 Å². The van der Waals surface area contributed by atoms with Crippen LogP contribution in [-0.4, -0.2) is 4.57 Å². The molecule has 1 atom stereocenters. The molecule has 0 radical (unpaired) electrons. The lowest BCUT2D eigenvalue weighted by Gasteiger charge is -2.24. The number of hydrogen-bond acceptors (Lipinski definition) is 1. The molecule has 31 heavy (non-hydrogen) atoms. The van der Waals surface area contributed by atoms with Crippen molar-refractivity contribution in [3.63, 3.8) is 0 Å². The summed E-state index contributed by atoms with van der Waals surface area (Å²) in [6, 6.07) is 15.6. The molecule has 0 bridgehead atoms. The maximum atomic E-state index is 12.3. The number of aromatic nitrogens is 1. The average Bonchev–Trinajstić information content (AvgIpc) is 2.77. The largest absolute Gasteiger partial charge is 0.341 e. The Hall–Kier alpha value is -2.61. The van der Waals surface area contributed by atoms with E-state index in [-0.39, 0.29) is 5.43 Å². The number of pyridine rings is 1. The highest BCUT2D eigenvalue weighted by Gasteiger charge is 2.17. The molecule has 1 heterocycles. The van der Waals surface area contributed by atoms with E-state index in [1.165, 1.54) is 12.0 Å². The second-order valence-electron chi connectivity index (χ2n) is 8.88. The third kappa shape index (κ3) is 5.97. The zero-order valence-corrected chi connectivity index (χ0v) is 20.4.